The Kier molecular flexibility index (Phi) is 7.12. The average Bonchev–Trinajstić information content (AvgIpc) is 2.61. The second-order valence-corrected chi connectivity index (χ2v) is 6.52. The number of anilines is 1. The largest absolute Gasteiger partial charge is 0.573 e. The monoisotopic (exact) mass is 398 g/mol. The Bertz CT molecular complexity index is 768. The number of carbonyl (C=O) groups is 2. The number of ether oxygens (including phenoxy) is 1. The fourth-order valence-corrected chi connectivity index (χ4v) is 2.88. The molecule has 0 saturated heterocycles. The lowest BCUT2D eigenvalue weighted by Gasteiger charge is -2.17. The lowest BCUT2D eigenvalue weighted by atomic mass is 10.3. The van der Waals surface area contributed by atoms with Gasteiger partial charge < -0.3 is 15.0 Å². The summed E-state index contributed by atoms with van der Waals surface area (Å²) < 4.78 is 40.1. The summed E-state index contributed by atoms with van der Waals surface area (Å²) in [6.07, 6.45) is -4.77. The van der Waals surface area contributed by atoms with Gasteiger partial charge in [0.2, 0.25) is 11.8 Å². The third-order valence-corrected chi connectivity index (χ3v) is 4.28. The number of benzene rings is 2. The summed E-state index contributed by atoms with van der Waals surface area (Å²) in [6.45, 7) is -0.172. The number of nitrogens with one attached hydrogen (secondary N) is 1. The van der Waals surface area contributed by atoms with Crippen LogP contribution in [0.2, 0.25) is 0 Å². The first-order chi connectivity index (χ1) is 12.7. The molecule has 1 N–H and O–H groups in total. The van der Waals surface area contributed by atoms with Crippen molar-refractivity contribution in [2.45, 2.75) is 11.3 Å². The van der Waals surface area contributed by atoms with Gasteiger partial charge >= 0.3 is 6.36 Å². The van der Waals surface area contributed by atoms with Crippen LogP contribution < -0.4 is 10.1 Å². The van der Waals surface area contributed by atoms with Crippen LogP contribution in [0, 0.1) is 0 Å². The van der Waals surface area contributed by atoms with Crippen LogP contribution in [-0.4, -0.2) is 42.4 Å². The number of thioether (sulfide) groups is 1. The Labute approximate surface area is 158 Å². The van der Waals surface area contributed by atoms with Gasteiger partial charge in [-0.2, -0.15) is 0 Å². The van der Waals surface area contributed by atoms with Crippen LogP contribution in [0.3, 0.4) is 0 Å². The summed E-state index contributed by atoms with van der Waals surface area (Å²) in [6, 6.07) is 14.1. The first-order valence-electron chi connectivity index (χ1n) is 7.80. The molecule has 0 saturated carbocycles. The van der Waals surface area contributed by atoms with Gasteiger partial charge in [-0.05, 0) is 36.4 Å². The summed E-state index contributed by atoms with van der Waals surface area (Å²) in [5, 5.41) is 2.52. The molecule has 0 fully saturated rings. The maximum absolute atomic E-state index is 12.1. The van der Waals surface area contributed by atoms with Crippen LogP contribution >= 0.6 is 11.8 Å². The SMILES string of the molecule is CN(CC(=O)Nc1ccc(OC(F)(F)F)cc1)C(=O)CSc1ccccc1. The number of nitrogens with zero attached hydrogens (tertiary/aromatic N) is 1. The zero-order chi connectivity index (χ0) is 19.9. The minimum absolute atomic E-state index is 0.172. The van der Waals surface area contributed by atoms with E-state index >= 15 is 0 Å². The molecule has 0 aliphatic carbocycles. The Balaban J connectivity index is 1.79. The Morgan fingerprint density at radius 2 is 1.70 bits per heavy atom. The number of halogens is 3. The van der Waals surface area contributed by atoms with E-state index in [9.17, 15) is 22.8 Å². The van der Waals surface area contributed by atoms with Crippen molar-refractivity contribution in [2.24, 2.45) is 0 Å². The summed E-state index contributed by atoms with van der Waals surface area (Å²) >= 11 is 1.37. The van der Waals surface area contributed by atoms with Gasteiger partial charge in [0.05, 0.1) is 12.3 Å². The standard InChI is InChI=1S/C18H17F3N2O3S/c1-23(17(25)12-27-15-5-3-2-4-6-15)11-16(24)22-13-7-9-14(10-8-13)26-18(19,20)21/h2-10H,11-12H2,1H3,(H,22,24). The van der Waals surface area contributed by atoms with Gasteiger partial charge in [0.1, 0.15) is 5.75 Å². The van der Waals surface area contributed by atoms with E-state index in [0.29, 0.717) is 5.69 Å². The van der Waals surface area contributed by atoms with Gasteiger partial charge in [-0.3, -0.25) is 9.59 Å². The lowest BCUT2D eigenvalue weighted by Crippen LogP contribution is -2.35. The van der Waals surface area contributed by atoms with Crippen LogP contribution in [0.25, 0.3) is 0 Å². The van der Waals surface area contributed by atoms with E-state index in [1.807, 2.05) is 30.3 Å². The van der Waals surface area contributed by atoms with Crippen molar-refractivity contribution in [3.8, 4) is 5.75 Å². The highest BCUT2D eigenvalue weighted by Gasteiger charge is 2.30. The molecule has 0 aliphatic heterocycles. The van der Waals surface area contributed by atoms with Crippen LogP contribution in [0.5, 0.6) is 5.75 Å². The number of carbonyl (C=O) groups excluding carboxylic acids is 2. The lowest BCUT2D eigenvalue weighted by molar-refractivity contribution is -0.274. The molecule has 2 aromatic carbocycles. The maximum Gasteiger partial charge on any atom is 0.573 e. The van der Waals surface area contributed by atoms with Crippen LogP contribution in [0.1, 0.15) is 0 Å². The predicted octanol–water partition coefficient (Wildman–Crippen LogP) is 3.77. The summed E-state index contributed by atoms with van der Waals surface area (Å²) in [4.78, 5) is 26.3. The van der Waals surface area contributed by atoms with Crippen LogP contribution in [0.4, 0.5) is 18.9 Å². The fraction of sp³-hybridized carbons (Fsp3) is 0.222. The number of hydrogen-bond donors (Lipinski definition) is 1. The van der Waals surface area contributed by atoms with E-state index < -0.39 is 12.3 Å². The molecule has 0 aliphatic rings. The number of likely N-dealkylation sites (N-methyl/N-ethyl adjacent to an activating group) is 1. The van der Waals surface area contributed by atoms with Crippen molar-refractivity contribution < 1.29 is 27.5 Å². The van der Waals surface area contributed by atoms with Crippen molar-refractivity contribution in [3.05, 3.63) is 54.6 Å². The second kappa shape index (κ2) is 9.31. The van der Waals surface area contributed by atoms with E-state index in [4.69, 9.17) is 0 Å². The van der Waals surface area contributed by atoms with E-state index in [0.717, 1.165) is 17.0 Å². The number of alkyl halides is 3. The molecule has 2 rings (SSSR count). The van der Waals surface area contributed by atoms with E-state index in [1.165, 1.54) is 35.8 Å². The second-order valence-electron chi connectivity index (χ2n) is 5.47. The minimum Gasteiger partial charge on any atom is -0.406 e. The zero-order valence-electron chi connectivity index (χ0n) is 14.3. The molecule has 0 bridgehead atoms. The molecule has 27 heavy (non-hydrogen) atoms. The molecular weight excluding hydrogens is 381 g/mol. The predicted molar refractivity (Wildman–Crippen MR) is 96.6 cm³/mol. The average molecular weight is 398 g/mol. The third-order valence-electron chi connectivity index (χ3n) is 3.28. The molecule has 9 heteroatoms. The Morgan fingerprint density at radius 1 is 1.07 bits per heavy atom. The van der Waals surface area contributed by atoms with E-state index in [-0.39, 0.29) is 24.0 Å². The van der Waals surface area contributed by atoms with Crippen molar-refractivity contribution in [2.75, 3.05) is 24.7 Å². The minimum atomic E-state index is -4.77. The smallest absolute Gasteiger partial charge is 0.406 e. The van der Waals surface area contributed by atoms with Gasteiger partial charge in [0.25, 0.3) is 0 Å². The summed E-state index contributed by atoms with van der Waals surface area (Å²) in [5.74, 6) is -0.865. The maximum atomic E-state index is 12.1. The molecule has 5 nitrogen and oxygen atoms in total. The van der Waals surface area contributed by atoms with Crippen LogP contribution in [-0.2, 0) is 9.59 Å². The van der Waals surface area contributed by atoms with Crippen molar-refractivity contribution in [1.82, 2.24) is 4.90 Å². The highest BCUT2D eigenvalue weighted by atomic mass is 32.2. The van der Waals surface area contributed by atoms with E-state index in [1.54, 1.807) is 0 Å². The number of amides is 2. The number of rotatable bonds is 7. The van der Waals surface area contributed by atoms with Crippen LogP contribution in [0.15, 0.2) is 59.5 Å². The fourth-order valence-electron chi connectivity index (χ4n) is 2.02. The first-order valence-corrected chi connectivity index (χ1v) is 8.79. The molecule has 0 atom stereocenters. The topological polar surface area (TPSA) is 58.6 Å². The molecule has 144 valence electrons. The number of hydrogen-bond acceptors (Lipinski definition) is 4. The summed E-state index contributed by atoms with van der Waals surface area (Å²) in [7, 11) is 1.51. The van der Waals surface area contributed by atoms with Gasteiger partial charge in [-0.15, -0.1) is 24.9 Å². The highest BCUT2D eigenvalue weighted by molar-refractivity contribution is 8.00. The van der Waals surface area contributed by atoms with Crippen molar-refractivity contribution in [3.63, 3.8) is 0 Å². The van der Waals surface area contributed by atoms with Gasteiger partial charge in [-0.25, -0.2) is 0 Å². The van der Waals surface area contributed by atoms with E-state index in [2.05, 4.69) is 10.1 Å². The molecule has 0 heterocycles. The molecule has 0 unspecified atom stereocenters. The quantitative estimate of drug-likeness (QED) is 0.722. The molecule has 0 aromatic heterocycles. The van der Waals surface area contributed by atoms with Gasteiger partial charge in [-0.1, -0.05) is 18.2 Å². The Morgan fingerprint density at radius 3 is 2.30 bits per heavy atom. The third kappa shape index (κ3) is 7.61. The molecule has 2 aromatic rings. The molecule has 2 amide bonds. The normalized spacial score (nSPS) is 11.0. The first kappa shape index (κ1) is 20.6. The molecular formula is C18H17F3N2O3S. The zero-order valence-corrected chi connectivity index (χ0v) is 15.1. The highest BCUT2D eigenvalue weighted by Crippen LogP contribution is 2.24. The summed E-state index contributed by atoms with van der Waals surface area (Å²) in [5.41, 5.74) is 0.300. The van der Waals surface area contributed by atoms with Crippen molar-refractivity contribution >= 4 is 29.3 Å². The molecule has 0 spiro atoms. The van der Waals surface area contributed by atoms with Gasteiger partial charge in [0.15, 0.2) is 0 Å². The molecule has 0 radical (unpaired) electrons. The van der Waals surface area contributed by atoms with Gasteiger partial charge in [0, 0.05) is 17.6 Å². The van der Waals surface area contributed by atoms with Crippen molar-refractivity contribution in [1.29, 1.82) is 0 Å². The Hall–Kier alpha value is -2.68.